The molecule has 1 amide bonds. The number of likely N-dealkylation sites (tertiary alicyclic amines) is 1. The Hall–Kier alpha value is -2.37. The maximum Gasteiger partial charge on any atom is 0.247 e. The van der Waals surface area contributed by atoms with Crippen LogP contribution in [-0.4, -0.2) is 41.2 Å². The Kier molecular flexibility index (Phi) is 4.83. The molecule has 2 aromatic rings. The summed E-state index contributed by atoms with van der Waals surface area (Å²) in [5.74, 6) is 2.47. The van der Waals surface area contributed by atoms with E-state index >= 15 is 0 Å². The van der Waals surface area contributed by atoms with Gasteiger partial charge in [0.25, 0.3) is 0 Å². The molecule has 2 heterocycles. The number of rotatable bonds is 4. The third kappa shape index (κ3) is 3.42. The maximum atomic E-state index is 12.0. The van der Waals surface area contributed by atoms with Crippen LogP contribution in [0.5, 0.6) is 5.75 Å². The lowest BCUT2D eigenvalue weighted by molar-refractivity contribution is -0.135. The van der Waals surface area contributed by atoms with Gasteiger partial charge in [0.1, 0.15) is 5.75 Å². The lowest BCUT2D eigenvalue weighted by Gasteiger charge is -2.31. The summed E-state index contributed by atoms with van der Waals surface area (Å²) in [5, 5.41) is 8.37. The zero-order valence-corrected chi connectivity index (χ0v) is 14.4. The van der Waals surface area contributed by atoms with E-state index in [1.54, 1.807) is 7.11 Å². The third-order valence-corrected chi connectivity index (χ3v) is 4.43. The van der Waals surface area contributed by atoms with Crippen LogP contribution < -0.4 is 4.74 Å². The van der Waals surface area contributed by atoms with Gasteiger partial charge in [-0.1, -0.05) is 13.8 Å². The van der Waals surface area contributed by atoms with Crippen LogP contribution in [0.25, 0.3) is 11.5 Å². The molecule has 6 heteroatoms. The van der Waals surface area contributed by atoms with Gasteiger partial charge in [0.05, 0.1) is 7.11 Å². The monoisotopic (exact) mass is 329 g/mol. The van der Waals surface area contributed by atoms with Crippen molar-refractivity contribution in [2.24, 2.45) is 5.92 Å². The summed E-state index contributed by atoms with van der Waals surface area (Å²) in [6, 6.07) is 7.55. The third-order valence-electron chi connectivity index (χ3n) is 4.43. The van der Waals surface area contributed by atoms with Crippen LogP contribution in [0.4, 0.5) is 0 Å². The lowest BCUT2D eigenvalue weighted by atomic mass is 9.96. The van der Waals surface area contributed by atoms with Crippen LogP contribution in [0.2, 0.25) is 0 Å². The number of hydrogen-bond acceptors (Lipinski definition) is 5. The molecule has 6 nitrogen and oxygen atoms in total. The van der Waals surface area contributed by atoms with Crippen molar-refractivity contribution in [2.75, 3.05) is 20.2 Å². The first kappa shape index (κ1) is 16.5. The minimum absolute atomic E-state index is 0.0478. The van der Waals surface area contributed by atoms with Crippen molar-refractivity contribution in [3.8, 4) is 17.2 Å². The summed E-state index contributed by atoms with van der Waals surface area (Å²) in [6.45, 7) is 5.38. The Morgan fingerprint density at radius 1 is 1.21 bits per heavy atom. The number of benzene rings is 1. The molecule has 0 radical (unpaired) electrons. The normalized spacial score (nSPS) is 15.8. The van der Waals surface area contributed by atoms with E-state index in [9.17, 15) is 4.79 Å². The first-order chi connectivity index (χ1) is 11.6. The van der Waals surface area contributed by atoms with Crippen LogP contribution in [0.3, 0.4) is 0 Å². The molecule has 3 rings (SSSR count). The number of hydrogen-bond donors (Lipinski definition) is 0. The molecule has 1 aliphatic rings. The molecule has 1 fully saturated rings. The van der Waals surface area contributed by atoms with Gasteiger partial charge in [0, 0.05) is 30.5 Å². The minimum Gasteiger partial charge on any atom is -0.497 e. The Bertz CT molecular complexity index is 686. The van der Waals surface area contributed by atoms with Gasteiger partial charge in [-0.05, 0) is 37.1 Å². The quantitative estimate of drug-likeness (QED) is 0.862. The largest absolute Gasteiger partial charge is 0.497 e. The number of aromatic nitrogens is 2. The number of carbonyl (C=O) groups excluding carboxylic acids is 1. The molecule has 24 heavy (non-hydrogen) atoms. The van der Waals surface area contributed by atoms with Gasteiger partial charge in [-0.15, -0.1) is 10.2 Å². The first-order valence-electron chi connectivity index (χ1n) is 8.35. The van der Waals surface area contributed by atoms with E-state index in [4.69, 9.17) is 9.15 Å². The van der Waals surface area contributed by atoms with Gasteiger partial charge >= 0.3 is 0 Å². The fourth-order valence-electron chi connectivity index (χ4n) is 2.96. The van der Waals surface area contributed by atoms with Crippen molar-refractivity contribution in [2.45, 2.75) is 32.6 Å². The van der Waals surface area contributed by atoms with E-state index in [1.165, 1.54) is 0 Å². The summed E-state index contributed by atoms with van der Waals surface area (Å²) in [4.78, 5) is 14.0. The summed E-state index contributed by atoms with van der Waals surface area (Å²) in [5.41, 5.74) is 0.877. The van der Waals surface area contributed by atoms with Crippen molar-refractivity contribution in [1.29, 1.82) is 0 Å². The molecule has 1 saturated heterocycles. The molecule has 1 aromatic heterocycles. The van der Waals surface area contributed by atoms with E-state index in [1.807, 2.05) is 43.0 Å². The van der Waals surface area contributed by atoms with Crippen molar-refractivity contribution in [3.05, 3.63) is 30.2 Å². The Balaban J connectivity index is 1.65. The van der Waals surface area contributed by atoms with Gasteiger partial charge in [-0.3, -0.25) is 4.79 Å². The predicted molar refractivity (Wildman–Crippen MR) is 89.7 cm³/mol. The molecule has 128 valence electrons. The van der Waals surface area contributed by atoms with Gasteiger partial charge in [-0.25, -0.2) is 0 Å². The standard InChI is InChI=1S/C18H23N3O3/c1-12(2)18(22)21-10-8-14(9-11-21)17-20-19-16(24-17)13-4-6-15(23-3)7-5-13/h4-7,12,14H,8-11H2,1-3H3. The van der Waals surface area contributed by atoms with Gasteiger partial charge in [0.2, 0.25) is 17.7 Å². The molecule has 0 spiro atoms. The van der Waals surface area contributed by atoms with Crippen LogP contribution in [0.15, 0.2) is 28.7 Å². The Labute approximate surface area is 141 Å². The summed E-state index contributed by atoms with van der Waals surface area (Å²) < 4.78 is 11.0. The number of ether oxygens (including phenoxy) is 1. The molecule has 0 bridgehead atoms. The number of amides is 1. The number of carbonyl (C=O) groups is 1. The molecule has 0 N–H and O–H groups in total. The van der Waals surface area contributed by atoms with Crippen molar-refractivity contribution in [3.63, 3.8) is 0 Å². The van der Waals surface area contributed by atoms with E-state index in [0.717, 1.165) is 37.2 Å². The number of piperidine rings is 1. The topological polar surface area (TPSA) is 68.5 Å². The van der Waals surface area contributed by atoms with Gasteiger partial charge in [-0.2, -0.15) is 0 Å². The fraction of sp³-hybridized carbons (Fsp3) is 0.500. The van der Waals surface area contributed by atoms with E-state index < -0.39 is 0 Å². The Morgan fingerprint density at radius 2 is 1.88 bits per heavy atom. The van der Waals surface area contributed by atoms with Crippen LogP contribution in [0.1, 0.15) is 38.5 Å². The zero-order valence-electron chi connectivity index (χ0n) is 14.4. The Morgan fingerprint density at radius 3 is 2.46 bits per heavy atom. The zero-order chi connectivity index (χ0) is 17.1. The molecule has 0 atom stereocenters. The predicted octanol–water partition coefficient (Wildman–Crippen LogP) is 3.11. The highest BCUT2D eigenvalue weighted by Crippen LogP contribution is 2.30. The van der Waals surface area contributed by atoms with Gasteiger partial charge < -0.3 is 14.1 Å². The first-order valence-corrected chi connectivity index (χ1v) is 8.35. The second kappa shape index (κ2) is 7.03. The molecule has 1 aliphatic heterocycles. The molecular formula is C18H23N3O3. The SMILES string of the molecule is COc1ccc(-c2nnc(C3CCN(C(=O)C(C)C)CC3)o2)cc1. The average molecular weight is 329 g/mol. The molecule has 0 unspecified atom stereocenters. The van der Waals surface area contributed by atoms with Crippen molar-refractivity contribution >= 4 is 5.91 Å². The summed E-state index contributed by atoms with van der Waals surface area (Å²) >= 11 is 0. The van der Waals surface area contributed by atoms with Gasteiger partial charge in [0.15, 0.2) is 0 Å². The molecular weight excluding hydrogens is 306 g/mol. The maximum absolute atomic E-state index is 12.0. The van der Waals surface area contributed by atoms with E-state index in [2.05, 4.69) is 10.2 Å². The van der Waals surface area contributed by atoms with E-state index in [-0.39, 0.29) is 17.7 Å². The molecule has 0 saturated carbocycles. The fourth-order valence-corrected chi connectivity index (χ4v) is 2.96. The highest BCUT2D eigenvalue weighted by molar-refractivity contribution is 5.78. The highest BCUT2D eigenvalue weighted by atomic mass is 16.5. The lowest BCUT2D eigenvalue weighted by Crippen LogP contribution is -2.40. The van der Waals surface area contributed by atoms with Crippen molar-refractivity contribution in [1.82, 2.24) is 15.1 Å². The average Bonchev–Trinajstić information content (AvgIpc) is 3.11. The van der Waals surface area contributed by atoms with Crippen LogP contribution in [-0.2, 0) is 4.79 Å². The second-order valence-electron chi connectivity index (χ2n) is 6.43. The smallest absolute Gasteiger partial charge is 0.247 e. The second-order valence-corrected chi connectivity index (χ2v) is 6.43. The highest BCUT2D eigenvalue weighted by Gasteiger charge is 2.28. The van der Waals surface area contributed by atoms with Crippen LogP contribution in [0, 0.1) is 5.92 Å². The minimum atomic E-state index is 0.0478. The van der Waals surface area contributed by atoms with Crippen LogP contribution >= 0.6 is 0 Å². The summed E-state index contributed by atoms with van der Waals surface area (Å²) in [6.07, 6.45) is 1.73. The molecule has 0 aliphatic carbocycles. The number of nitrogens with zero attached hydrogens (tertiary/aromatic N) is 3. The van der Waals surface area contributed by atoms with Crippen molar-refractivity contribution < 1.29 is 13.9 Å². The molecule has 1 aromatic carbocycles. The van der Waals surface area contributed by atoms with E-state index in [0.29, 0.717) is 11.8 Å². The summed E-state index contributed by atoms with van der Waals surface area (Å²) in [7, 11) is 1.64. The number of methoxy groups -OCH3 is 1.